The van der Waals surface area contributed by atoms with Gasteiger partial charge in [0.15, 0.2) is 5.82 Å². The Bertz CT molecular complexity index is 506. The van der Waals surface area contributed by atoms with E-state index in [-0.39, 0.29) is 6.04 Å². The van der Waals surface area contributed by atoms with Crippen LogP contribution in [0.15, 0.2) is 20.4 Å². The topological polar surface area (TPSA) is 64.9 Å². The van der Waals surface area contributed by atoms with Crippen molar-refractivity contribution in [2.75, 3.05) is 0 Å². The monoisotopic (exact) mass is 299 g/mol. The Morgan fingerprint density at radius 2 is 2.38 bits per heavy atom. The van der Waals surface area contributed by atoms with Crippen molar-refractivity contribution in [1.82, 2.24) is 10.1 Å². The fraction of sp³-hybridized carbons (Fsp3) is 0.400. The summed E-state index contributed by atoms with van der Waals surface area (Å²) in [6.07, 6.45) is 2.30. The van der Waals surface area contributed by atoms with Crippen molar-refractivity contribution < 1.29 is 4.52 Å². The van der Waals surface area contributed by atoms with Crippen molar-refractivity contribution in [1.29, 1.82) is 0 Å². The first-order valence-electron chi connectivity index (χ1n) is 5.07. The predicted octanol–water partition coefficient (Wildman–Crippen LogP) is 2.82. The molecule has 3 rings (SSSR count). The zero-order valence-electron chi connectivity index (χ0n) is 8.39. The Kier molecular flexibility index (Phi) is 2.57. The van der Waals surface area contributed by atoms with Crippen LogP contribution in [-0.2, 0) is 0 Å². The standard InChI is InChI=1S/C10H10BrN3OS/c11-6-3-4-16-8(6)7(12)9-13-10(15-14-9)5-1-2-5/h3-5,7H,1-2,12H2. The lowest BCUT2D eigenvalue weighted by atomic mass is 10.2. The number of thiophene rings is 1. The van der Waals surface area contributed by atoms with Gasteiger partial charge in [-0.05, 0) is 40.2 Å². The lowest BCUT2D eigenvalue weighted by Gasteiger charge is -2.04. The van der Waals surface area contributed by atoms with Gasteiger partial charge in [-0.25, -0.2) is 0 Å². The normalized spacial score (nSPS) is 17.6. The van der Waals surface area contributed by atoms with Gasteiger partial charge < -0.3 is 10.3 Å². The van der Waals surface area contributed by atoms with Crippen LogP contribution in [0, 0.1) is 0 Å². The molecule has 2 aromatic rings. The van der Waals surface area contributed by atoms with E-state index >= 15 is 0 Å². The molecule has 84 valence electrons. The van der Waals surface area contributed by atoms with Crippen molar-refractivity contribution in [3.63, 3.8) is 0 Å². The van der Waals surface area contributed by atoms with Crippen molar-refractivity contribution in [3.8, 4) is 0 Å². The van der Waals surface area contributed by atoms with Gasteiger partial charge in [0.05, 0.1) is 0 Å². The Balaban J connectivity index is 1.88. The molecule has 4 nitrogen and oxygen atoms in total. The third-order valence-corrected chi connectivity index (χ3v) is 4.54. The lowest BCUT2D eigenvalue weighted by Crippen LogP contribution is -2.12. The second-order valence-corrected chi connectivity index (χ2v) is 5.68. The minimum absolute atomic E-state index is 0.300. The molecule has 1 aliphatic rings. The fourth-order valence-corrected chi connectivity index (χ4v) is 3.13. The van der Waals surface area contributed by atoms with E-state index in [9.17, 15) is 0 Å². The van der Waals surface area contributed by atoms with Gasteiger partial charge in [0.2, 0.25) is 5.89 Å². The van der Waals surface area contributed by atoms with E-state index in [0.717, 1.165) is 28.1 Å². The first-order chi connectivity index (χ1) is 7.75. The highest BCUT2D eigenvalue weighted by Crippen LogP contribution is 2.39. The van der Waals surface area contributed by atoms with Crippen LogP contribution in [0.25, 0.3) is 0 Å². The quantitative estimate of drug-likeness (QED) is 0.946. The summed E-state index contributed by atoms with van der Waals surface area (Å²) in [5.74, 6) is 1.78. The number of nitrogens with two attached hydrogens (primary N) is 1. The second kappa shape index (κ2) is 3.94. The van der Waals surface area contributed by atoms with Crippen molar-refractivity contribution in [2.45, 2.75) is 24.8 Å². The zero-order chi connectivity index (χ0) is 11.1. The molecule has 6 heteroatoms. The number of halogens is 1. The molecule has 1 saturated carbocycles. The van der Waals surface area contributed by atoms with E-state index in [1.165, 1.54) is 0 Å². The van der Waals surface area contributed by atoms with Crippen LogP contribution < -0.4 is 5.73 Å². The minimum atomic E-state index is -0.300. The molecule has 0 spiro atoms. The molecule has 1 aliphatic carbocycles. The minimum Gasteiger partial charge on any atom is -0.339 e. The van der Waals surface area contributed by atoms with Gasteiger partial charge >= 0.3 is 0 Å². The molecule has 2 aromatic heterocycles. The third kappa shape index (κ3) is 1.81. The van der Waals surface area contributed by atoms with Crippen LogP contribution in [0.1, 0.15) is 41.4 Å². The SMILES string of the molecule is NC(c1noc(C2CC2)n1)c1sccc1Br. The van der Waals surface area contributed by atoms with Crippen LogP contribution in [-0.4, -0.2) is 10.1 Å². The molecule has 0 saturated heterocycles. The third-order valence-electron chi connectivity index (χ3n) is 2.59. The molecule has 2 heterocycles. The molecular weight excluding hydrogens is 290 g/mol. The molecule has 0 radical (unpaired) electrons. The molecular formula is C10H10BrN3OS. The van der Waals surface area contributed by atoms with E-state index in [0.29, 0.717) is 11.7 Å². The average Bonchev–Trinajstić information content (AvgIpc) is 2.86. The Labute approximate surface area is 105 Å². The van der Waals surface area contributed by atoms with Crippen LogP contribution in [0.2, 0.25) is 0 Å². The van der Waals surface area contributed by atoms with E-state index in [4.69, 9.17) is 10.3 Å². The van der Waals surface area contributed by atoms with E-state index in [2.05, 4.69) is 26.1 Å². The summed E-state index contributed by atoms with van der Waals surface area (Å²) in [6.45, 7) is 0. The first kappa shape index (κ1) is 10.4. The van der Waals surface area contributed by atoms with Gasteiger partial charge in [-0.1, -0.05) is 5.16 Å². The molecule has 2 N–H and O–H groups in total. The van der Waals surface area contributed by atoms with Crippen LogP contribution in [0.3, 0.4) is 0 Å². The van der Waals surface area contributed by atoms with Crippen LogP contribution in [0.4, 0.5) is 0 Å². The summed E-state index contributed by atoms with van der Waals surface area (Å²) in [4.78, 5) is 5.38. The largest absolute Gasteiger partial charge is 0.339 e. The van der Waals surface area contributed by atoms with Gasteiger partial charge in [0, 0.05) is 15.3 Å². The van der Waals surface area contributed by atoms with Gasteiger partial charge in [-0.3, -0.25) is 0 Å². The molecule has 1 fully saturated rings. The summed E-state index contributed by atoms with van der Waals surface area (Å²) in [7, 11) is 0. The lowest BCUT2D eigenvalue weighted by molar-refractivity contribution is 0.372. The smallest absolute Gasteiger partial charge is 0.229 e. The number of rotatable bonds is 3. The molecule has 0 aliphatic heterocycles. The molecule has 16 heavy (non-hydrogen) atoms. The number of nitrogens with zero attached hydrogens (tertiary/aromatic N) is 2. The van der Waals surface area contributed by atoms with Gasteiger partial charge in [0.1, 0.15) is 6.04 Å². The number of hydrogen-bond acceptors (Lipinski definition) is 5. The Morgan fingerprint density at radius 3 is 3.00 bits per heavy atom. The number of hydrogen-bond donors (Lipinski definition) is 1. The van der Waals surface area contributed by atoms with E-state index in [1.54, 1.807) is 11.3 Å². The van der Waals surface area contributed by atoms with Crippen molar-refractivity contribution in [3.05, 3.63) is 32.5 Å². The van der Waals surface area contributed by atoms with E-state index < -0.39 is 0 Å². The zero-order valence-corrected chi connectivity index (χ0v) is 10.8. The summed E-state index contributed by atoms with van der Waals surface area (Å²) in [5, 5.41) is 5.94. The molecule has 1 unspecified atom stereocenters. The second-order valence-electron chi connectivity index (χ2n) is 3.88. The molecule has 0 aromatic carbocycles. The molecule has 0 amide bonds. The van der Waals surface area contributed by atoms with Crippen molar-refractivity contribution in [2.24, 2.45) is 5.73 Å². The maximum Gasteiger partial charge on any atom is 0.229 e. The van der Waals surface area contributed by atoms with Gasteiger partial charge in [0.25, 0.3) is 0 Å². The van der Waals surface area contributed by atoms with Crippen LogP contribution in [0.5, 0.6) is 0 Å². The Hall–Kier alpha value is -0.720. The fourth-order valence-electron chi connectivity index (χ4n) is 1.51. The molecule has 0 bridgehead atoms. The summed E-state index contributed by atoms with van der Waals surface area (Å²) in [5.41, 5.74) is 6.09. The maximum atomic E-state index is 6.09. The molecule has 1 atom stereocenters. The van der Waals surface area contributed by atoms with Crippen molar-refractivity contribution >= 4 is 27.3 Å². The number of aromatic nitrogens is 2. The Morgan fingerprint density at radius 1 is 1.56 bits per heavy atom. The van der Waals surface area contributed by atoms with Gasteiger partial charge in [-0.15, -0.1) is 11.3 Å². The summed E-state index contributed by atoms with van der Waals surface area (Å²) in [6, 6.07) is 1.67. The summed E-state index contributed by atoms with van der Waals surface area (Å²) >= 11 is 5.05. The highest BCUT2D eigenvalue weighted by Gasteiger charge is 2.31. The highest BCUT2D eigenvalue weighted by atomic mass is 79.9. The van der Waals surface area contributed by atoms with Crippen LogP contribution >= 0.6 is 27.3 Å². The first-order valence-corrected chi connectivity index (χ1v) is 6.75. The predicted molar refractivity (Wildman–Crippen MR) is 64.3 cm³/mol. The van der Waals surface area contributed by atoms with Gasteiger partial charge in [-0.2, -0.15) is 4.98 Å². The summed E-state index contributed by atoms with van der Waals surface area (Å²) < 4.78 is 6.20. The average molecular weight is 300 g/mol. The highest BCUT2D eigenvalue weighted by molar-refractivity contribution is 9.10. The van der Waals surface area contributed by atoms with E-state index in [1.807, 2.05) is 11.4 Å². The maximum absolute atomic E-state index is 6.09.